The van der Waals surface area contributed by atoms with E-state index in [4.69, 9.17) is 10.2 Å². The highest BCUT2D eigenvalue weighted by atomic mass is 16.3. The van der Waals surface area contributed by atoms with E-state index in [-0.39, 0.29) is 5.41 Å². The number of fused-ring (bicyclic) bond motifs is 1. The Balaban J connectivity index is 2.06. The molecule has 2 unspecified atom stereocenters. The zero-order chi connectivity index (χ0) is 10.6. The number of hydrogen-bond donors (Lipinski definition) is 1. The van der Waals surface area contributed by atoms with Gasteiger partial charge < -0.3 is 10.2 Å². The van der Waals surface area contributed by atoms with Crippen molar-refractivity contribution in [2.75, 3.05) is 0 Å². The van der Waals surface area contributed by atoms with Gasteiger partial charge in [0.25, 0.3) is 0 Å². The standard InChI is InChI=1S/C13H15NO/c1-13(2)11(12(13)14)9-3-4-10-8(7-9)5-6-15-10/h3-7,11-12H,14H2,1-2H3. The van der Waals surface area contributed by atoms with Crippen LogP contribution in [0.1, 0.15) is 25.3 Å². The van der Waals surface area contributed by atoms with Crippen molar-refractivity contribution in [3.05, 3.63) is 36.1 Å². The van der Waals surface area contributed by atoms with Crippen LogP contribution in [0.5, 0.6) is 0 Å². The summed E-state index contributed by atoms with van der Waals surface area (Å²) < 4.78 is 5.32. The van der Waals surface area contributed by atoms with E-state index in [0.29, 0.717) is 12.0 Å². The van der Waals surface area contributed by atoms with Crippen LogP contribution in [-0.2, 0) is 0 Å². The first-order chi connectivity index (χ1) is 7.10. The van der Waals surface area contributed by atoms with Crippen LogP contribution < -0.4 is 5.73 Å². The van der Waals surface area contributed by atoms with E-state index in [2.05, 4.69) is 26.0 Å². The largest absolute Gasteiger partial charge is 0.464 e. The Morgan fingerprint density at radius 1 is 1.27 bits per heavy atom. The van der Waals surface area contributed by atoms with Gasteiger partial charge in [0.1, 0.15) is 5.58 Å². The fourth-order valence-corrected chi connectivity index (χ4v) is 2.49. The van der Waals surface area contributed by atoms with E-state index >= 15 is 0 Å². The molecule has 1 aromatic carbocycles. The minimum Gasteiger partial charge on any atom is -0.464 e. The molecule has 0 aliphatic heterocycles. The minimum atomic E-state index is 0.247. The van der Waals surface area contributed by atoms with Gasteiger partial charge in [-0.1, -0.05) is 19.9 Å². The monoisotopic (exact) mass is 201 g/mol. The smallest absolute Gasteiger partial charge is 0.133 e. The molecule has 0 amide bonds. The maximum atomic E-state index is 6.07. The van der Waals surface area contributed by atoms with Crippen LogP contribution in [0.25, 0.3) is 11.0 Å². The summed E-state index contributed by atoms with van der Waals surface area (Å²) in [6, 6.07) is 8.65. The first kappa shape index (κ1) is 8.98. The predicted molar refractivity (Wildman–Crippen MR) is 60.7 cm³/mol. The van der Waals surface area contributed by atoms with Crippen molar-refractivity contribution in [2.45, 2.75) is 25.8 Å². The second-order valence-corrected chi connectivity index (χ2v) is 5.04. The summed E-state index contributed by atoms with van der Waals surface area (Å²) in [4.78, 5) is 0. The molecule has 0 saturated heterocycles. The van der Waals surface area contributed by atoms with E-state index in [1.54, 1.807) is 6.26 Å². The van der Waals surface area contributed by atoms with E-state index in [1.165, 1.54) is 10.9 Å². The lowest BCUT2D eigenvalue weighted by molar-refractivity contribution is 0.598. The predicted octanol–water partition coefficient (Wildman–Crippen LogP) is 2.88. The Hall–Kier alpha value is -1.28. The molecule has 2 aromatic rings. The van der Waals surface area contributed by atoms with Crippen LogP contribution in [-0.4, -0.2) is 6.04 Å². The molecule has 1 aliphatic carbocycles. The molecule has 15 heavy (non-hydrogen) atoms. The van der Waals surface area contributed by atoms with Gasteiger partial charge >= 0.3 is 0 Å². The van der Waals surface area contributed by atoms with Crippen LogP contribution >= 0.6 is 0 Å². The van der Waals surface area contributed by atoms with Crippen molar-refractivity contribution < 1.29 is 4.42 Å². The topological polar surface area (TPSA) is 39.2 Å². The summed E-state index contributed by atoms with van der Waals surface area (Å²) in [7, 11) is 0. The molecule has 3 rings (SSSR count). The number of benzene rings is 1. The fraction of sp³-hybridized carbons (Fsp3) is 0.385. The van der Waals surface area contributed by atoms with Crippen molar-refractivity contribution in [1.29, 1.82) is 0 Å². The lowest BCUT2D eigenvalue weighted by atomic mass is 10.0. The quantitative estimate of drug-likeness (QED) is 0.770. The third-order valence-corrected chi connectivity index (χ3v) is 3.75. The highest BCUT2D eigenvalue weighted by Gasteiger charge is 2.56. The van der Waals surface area contributed by atoms with Crippen LogP contribution in [0, 0.1) is 5.41 Å². The van der Waals surface area contributed by atoms with E-state index in [9.17, 15) is 0 Å². The number of furan rings is 1. The molecule has 0 spiro atoms. The maximum absolute atomic E-state index is 6.07. The van der Waals surface area contributed by atoms with Gasteiger partial charge in [0.2, 0.25) is 0 Å². The lowest BCUT2D eigenvalue weighted by Gasteiger charge is -2.02. The Kier molecular flexibility index (Phi) is 1.58. The Bertz CT molecular complexity index is 512. The average molecular weight is 201 g/mol. The molecule has 2 atom stereocenters. The maximum Gasteiger partial charge on any atom is 0.133 e. The summed E-state index contributed by atoms with van der Waals surface area (Å²) in [6.45, 7) is 4.45. The van der Waals surface area contributed by atoms with Gasteiger partial charge in [-0.25, -0.2) is 0 Å². The molecule has 2 N–H and O–H groups in total. The number of nitrogens with two attached hydrogens (primary N) is 1. The lowest BCUT2D eigenvalue weighted by Crippen LogP contribution is -2.06. The van der Waals surface area contributed by atoms with Gasteiger partial charge in [0.05, 0.1) is 6.26 Å². The zero-order valence-corrected chi connectivity index (χ0v) is 9.03. The second kappa shape index (κ2) is 2.64. The summed E-state index contributed by atoms with van der Waals surface area (Å²) in [5.41, 5.74) is 8.60. The molecule has 2 nitrogen and oxygen atoms in total. The van der Waals surface area contributed by atoms with Crippen molar-refractivity contribution in [3.8, 4) is 0 Å². The van der Waals surface area contributed by atoms with Crippen LogP contribution in [0.2, 0.25) is 0 Å². The normalized spacial score (nSPS) is 28.2. The highest BCUT2D eigenvalue weighted by molar-refractivity contribution is 5.78. The van der Waals surface area contributed by atoms with Crippen molar-refractivity contribution in [2.24, 2.45) is 11.1 Å². The summed E-state index contributed by atoms with van der Waals surface area (Å²) >= 11 is 0. The van der Waals surface area contributed by atoms with E-state index in [1.807, 2.05) is 12.1 Å². The molecule has 1 saturated carbocycles. The molecular formula is C13H15NO. The van der Waals surface area contributed by atoms with Gasteiger partial charge in [-0.3, -0.25) is 0 Å². The summed E-state index contributed by atoms with van der Waals surface area (Å²) in [5, 5.41) is 1.17. The fourth-order valence-electron chi connectivity index (χ4n) is 2.49. The molecular weight excluding hydrogens is 186 g/mol. The van der Waals surface area contributed by atoms with Crippen molar-refractivity contribution in [3.63, 3.8) is 0 Å². The van der Waals surface area contributed by atoms with Gasteiger partial charge in [-0.05, 0) is 29.2 Å². The first-order valence-corrected chi connectivity index (χ1v) is 5.33. The van der Waals surface area contributed by atoms with Crippen LogP contribution in [0.4, 0.5) is 0 Å². The van der Waals surface area contributed by atoms with Crippen LogP contribution in [0.3, 0.4) is 0 Å². The first-order valence-electron chi connectivity index (χ1n) is 5.33. The molecule has 78 valence electrons. The van der Waals surface area contributed by atoms with Gasteiger partial charge in [-0.15, -0.1) is 0 Å². The number of hydrogen-bond acceptors (Lipinski definition) is 2. The molecule has 1 heterocycles. The average Bonchev–Trinajstić information content (AvgIpc) is 2.62. The van der Waals surface area contributed by atoms with Gasteiger partial charge in [-0.2, -0.15) is 0 Å². The summed E-state index contributed by atoms with van der Waals surface area (Å²) in [6.07, 6.45) is 1.73. The SMILES string of the molecule is CC1(C)C(N)C1c1ccc2occc2c1. The molecule has 2 heteroatoms. The van der Waals surface area contributed by atoms with Crippen LogP contribution in [0.15, 0.2) is 34.9 Å². The minimum absolute atomic E-state index is 0.247. The Labute approximate surface area is 89.1 Å². The van der Waals surface area contributed by atoms with Crippen molar-refractivity contribution in [1.82, 2.24) is 0 Å². The van der Waals surface area contributed by atoms with E-state index in [0.717, 1.165) is 5.58 Å². The summed E-state index contributed by atoms with van der Waals surface area (Å²) in [5.74, 6) is 0.497. The Morgan fingerprint density at radius 3 is 2.67 bits per heavy atom. The third-order valence-electron chi connectivity index (χ3n) is 3.75. The molecule has 0 radical (unpaired) electrons. The molecule has 0 bridgehead atoms. The highest BCUT2D eigenvalue weighted by Crippen LogP contribution is 2.57. The van der Waals surface area contributed by atoms with Gasteiger partial charge in [0, 0.05) is 17.3 Å². The van der Waals surface area contributed by atoms with E-state index < -0.39 is 0 Å². The number of rotatable bonds is 1. The Morgan fingerprint density at radius 2 is 2.00 bits per heavy atom. The third kappa shape index (κ3) is 1.15. The second-order valence-electron chi connectivity index (χ2n) is 5.04. The zero-order valence-electron chi connectivity index (χ0n) is 9.03. The molecule has 1 fully saturated rings. The molecule has 1 aliphatic rings. The molecule has 1 aromatic heterocycles. The van der Waals surface area contributed by atoms with Crippen molar-refractivity contribution >= 4 is 11.0 Å². The van der Waals surface area contributed by atoms with Gasteiger partial charge in [0.15, 0.2) is 0 Å².